The van der Waals surface area contributed by atoms with Gasteiger partial charge in [0.15, 0.2) is 0 Å². The first kappa shape index (κ1) is 30.0. The zero-order valence-corrected chi connectivity index (χ0v) is 19.0. The molecule has 5 unspecified atom stereocenters. The quantitative estimate of drug-likeness (QED) is 0.423. The van der Waals surface area contributed by atoms with E-state index < -0.39 is 72.3 Å². The molecule has 16 heteroatoms. The number of ether oxygens (including phenoxy) is 7. The molecule has 3 N–H and O–H groups in total. The molecular formula is C18H27F3O13. The minimum atomic E-state index is -5.08. The van der Waals surface area contributed by atoms with Crippen LogP contribution in [0.1, 0.15) is 13.8 Å². The van der Waals surface area contributed by atoms with Gasteiger partial charge < -0.3 is 48.5 Å². The predicted molar refractivity (Wildman–Crippen MR) is 99.2 cm³/mol. The fourth-order valence-electron chi connectivity index (χ4n) is 3.42. The van der Waals surface area contributed by atoms with Gasteiger partial charge in [-0.25, -0.2) is 4.79 Å². The molecule has 3 saturated heterocycles. The van der Waals surface area contributed by atoms with Gasteiger partial charge in [-0.1, -0.05) is 0 Å². The van der Waals surface area contributed by atoms with Crippen molar-refractivity contribution < 1.29 is 76.0 Å². The van der Waals surface area contributed by atoms with Gasteiger partial charge in [0.1, 0.15) is 36.3 Å². The Hall–Kier alpha value is -2.08. The van der Waals surface area contributed by atoms with Crippen LogP contribution in [0.25, 0.3) is 0 Å². The summed E-state index contributed by atoms with van der Waals surface area (Å²) in [6.07, 6.45) is -7.98. The topological polar surface area (TPSA) is 177 Å². The third kappa shape index (κ3) is 6.53. The number of methoxy groups -OCH3 is 4. The Kier molecular flexibility index (Phi) is 9.78. The average molecular weight is 508 g/mol. The first-order chi connectivity index (χ1) is 15.5. The van der Waals surface area contributed by atoms with Gasteiger partial charge in [-0.2, -0.15) is 13.2 Å². The lowest BCUT2D eigenvalue weighted by Gasteiger charge is -2.27. The molecule has 7 atom stereocenters. The highest BCUT2D eigenvalue weighted by atomic mass is 19.4. The maximum absolute atomic E-state index is 11.3. The van der Waals surface area contributed by atoms with Crippen LogP contribution in [0, 0.1) is 11.8 Å². The van der Waals surface area contributed by atoms with Gasteiger partial charge in [0.25, 0.3) is 11.9 Å². The van der Waals surface area contributed by atoms with Crippen molar-refractivity contribution in [2.24, 2.45) is 11.8 Å². The Morgan fingerprint density at radius 1 is 0.794 bits per heavy atom. The number of alkyl halides is 3. The summed E-state index contributed by atoms with van der Waals surface area (Å²) in [4.78, 5) is 31.4. The standard InChI is InChI=1S/C11H14O8.C5H12O3.C2HF3O2/c1-11(16-2)18-7-5-3(9(12)13)4(10(14)15)6(17-5)8(7)19-11;1-5(6-2,7-3)8-4;3-2(4,5)1(6)7/h3-8H,1-2H3,(H,12,13)(H,14,15);1-4H3;(H,6,7)/t3?,4?,5-,6?,7+,8?,11?;;/m0../s1. The molecule has 0 spiro atoms. The van der Waals surface area contributed by atoms with Crippen molar-refractivity contribution >= 4 is 17.9 Å². The Balaban J connectivity index is 0.000000322. The molecule has 2 bridgehead atoms. The van der Waals surface area contributed by atoms with Crippen LogP contribution in [0.2, 0.25) is 0 Å². The molecule has 13 nitrogen and oxygen atoms in total. The van der Waals surface area contributed by atoms with Crippen LogP contribution >= 0.6 is 0 Å². The van der Waals surface area contributed by atoms with E-state index in [2.05, 4.69) is 0 Å². The number of aliphatic carboxylic acids is 3. The van der Waals surface area contributed by atoms with Crippen molar-refractivity contribution in [3.05, 3.63) is 0 Å². The summed E-state index contributed by atoms with van der Waals surface area (Å²) >= 11 is 0. The second kappa shape index (κ2) is 11.1. The highest BCUT2D eigenvalue weighted by molar-refractivity contribution is 5.82. The zero-order valence-electron chi connectivity index (χ0n) is 19.0. The van der Waals surface area contributed by atoms with Crippen molar-refractivity contribution in [3.8, 4) is 0 Å². The van der Waals surface area contributed by atoms with E-state index in [-0.39, 0.29) is 0 Å². The first-order valence-corrected chi connectivity index (χ1v) is 9.48. The van der Waals surface area contributed by atoms with E-state index in [9.17, 15) is 33.0 Å². The smallest absolute Gasteiger partial charge is 0.481 e. The fraction of sp³-hybridized carbons (Fsp3) is 0.833. The lowest BCUT2D eigenvalue weighted by atomic mass is 9.76. The van der Waals surface area contributed by atoms with Crippen LogP contribution in [0.5, 0.6) is 0 Å². The summed E-state index contributed by atoms with van der Waals surface area (Å²) in [6, 6.07) is 0. The highest BCUT2D eigenvalue weighted by Crippen LogP contribution is 2.51. The Morgan fingerprint density at radius 2 is 1.12 bits per heavy atom. The van der Waals surface area contributed by atoms with Gasteiger partial charge in [0.2, 0.25) is 0 Å². The van der Waals surface area contributed by atoms with Crippen LogP contribution in [-0.2, 0) is 47.5 Å². The molecule has 3 aliphatic rings. The normalized spacial score (nSPS) is 33.8. The van der Waals surface area contributed by atoms with Crippen LogP contribution < -0.4 is 0 Å². The van der Waals surface area contributed by atoms with Crippen LogP contribution in [-0.4, -0.2) is 104 Å². The van der Waals surface area contributed by atoms with Gasteiger partial charge in [0.05, 0.1) is 0 Å². The van der Waals surface area contributed by atoms with Gasteiger partial charge in [-0.05, 0) is 0 Å². The van der Waals surface area contributed by atoms with Crippen LogP contribution in [0.15, 0.2) is 0 Å². The summed E-state index contributed by atoms with van der Waals surface area (Å²) in [5, 5.41) is 25.5. The summed E-state index contributed by atoms with van der Waals surface area (Å²) in [6.45, 7) is 3.24. The van der Waals surface area contributed by atoms with Crippen molar-refractivity contribution in [1.82, 2.24) is 0 Å². The predicted octanol–water partition coefficient (Wildman–Crippen LogP) is 0.506. The highest BCUT2D eigenvalue weighted by Gasteiger charge is 2.70. The average Bonchev–Trinajstić information content (AvgIpc) is 3.41. The number of carbonyl (C=O) groups is 3. The third-order valence-electron chi connectivity index (χ3n) is 5.38. The first-order valence-electron chi connectivity index (χ1n) is 9.48. The number of halogens is 3. The molecule has 0 saturated carbocycles. The number of rotatable bonds is 6. The second-order valence-corrected chi connectivity index (χ2v) is 7.30. The summed E-state index contributed by atoms with van der Waals surface area (Å²) in [5.74, 6) is -9.59. The third-order valence-corrected chi connectivity index (χ3v) is 5.38. The van der Waals surface area contributed by atoms with Crippen molar-refractivity contribution in [2.45, 2.75) is 56.4 Å². The minimum absolute atomic E-state index is 0.619. The summed E-state index contributed by atoms with van der Waals surface area (Å²) < 4.78 is 67.7. The molecule has 0 radical (unpaired) electrons. The SMILES string of the molecule is COC(C)(OC)OC.COC1(C)OC2C3O[C@@H](C(C(=O)O)C3C(=O)O)[C@H]2O1.O=C(O)C(F)(F)F. The summed E-state index contributed by atoms with van der Waals surface area (Å²) in [5.41, 5.74) is 0. The molecule has 0 aliphatic carbocycles. The molecule has 0 amide bonds. The maximum atomic E-state index is 11.3. The van der Waals surface area contributed by atoms with Gasteiger partial charge in [-0.15, -0.1) is 0 Å². The monoisotopic (exact) mass is 508 g/mol. The number of hydrogen-bond donors (Lipinski definition) is 3. The van der Waals surface area contributed by atoms with E-state index >= 15 is 0 Å². The lowest BCUT2D eigenvalue weighted by molar-refractivity contribution is -0.340. The second-order valence-electron chi connectivity index (χ2n) is 7.30. The fourth-order valence-corrected chi connectivity index (χ4v) is 3.42. The van der Waals surface area contributed by atoms with Crippen molar-refractivity contribution in [2.75, 3.05) is 28.4 Å². The van der Waals surface area contributed by atoms with Crippen LogP contribution in [0.4, 0.5) is 13.2 Å². The zero-order chi connectivity index (χ0) is 26.6. The van der Waals surface area contributed by atoms with Crippen molar-refractivity contribution in [3.63, 3.8) is 0 Å². The minimum Gasteiger partial charge on any atom is -0.481 e. The van der Waals surface area contributed by atoms with E-state index in [1.807, 2.05) is 0 Å². The van der Waals surface area contributed by atoms with Crippen molar-refractivity contribution in [1.29, 1.82) is 0 Å². The van der Waals surface area contributed by atoms with Gasteiger partial charge >= 0.3 is 24.1 Å². The maximum Gasteiger partial charge on any atom is 0.490 e. The largest absolute Gasteiger partial charge is 0.490 e. The Labute approximate surface area is 191 Å². The van der Waals surface area contributed by atoms with Crippen LogP contribution in [0.3, 0.4) is 0 Å². The molecule has 0 aromatic carbocycles. The Bertz CT molecular complexity index is 697. The molecule has 0 aromatic heterocycles. The number of carboxylic acids is 3. The molecule has 3 aliphatic heterocycles. The molecule has 0 aromatic rings. The van der Waals surface area contributed by atoms with E-state index in [0.29, 0.717) is 0 Å². The lowest BCUT2D eigenvalue weighted by Crippen LogP contribution is -2.50. The number of carboxylic acid groups (broad SMARTS) is 3. The van der Waals surface area contributed by atoms with Gasteiger partial charge in [0, 0.05) is 42.3 Å². The molecule has 3 rings (SSSR count). The van der Waals surface area contributed by atoms with E-state index in [0.717, 1.165) is 0 Å². The van der Waals surface area contributed by atoms with E-state index in [1.54, 1.807) is 13.8 Å². The molecule has 198 valence electrons. The number of hydrogen-bond acceptors (Lipinski definition) is 10. The van der Waals surface area contributed by atoms with Gasteiger partial charge in [-0.3, -0.25) is 9.59 Å². The number of fused-ring (bicyclic) bond motifs is 5. The molecule has 3 heterocycles. The molecule has 3 fully saturated rings. The van der Waals surface area contributed by atoms with E-state index in [4.69, 9.17) is 43.1 Å². The molecular weight excluding hydrogens is 481 g/mol. The molecule has 34 heavy (non-hydrogen) atoms. The Morgan fingerprint density at radius 3 is 1.29 bits per heavy atom. The van der Waals surface area contributed by atoms with E-state index in [1.165, 1.54) is 28.4 Å². The summed E-state index contributed by atoms with van der Waals surface area (Å²) in [7, 11) is 5.96.